The zero-order valence-corrected chi connectivity index (χ0v) is 18.9. The number of halogens is 1. The Balaban J connectivity index is 1.22. The van der Waals surface area contributed by atoms with Gasteiger partial charge in [0.15, 0.2) is 12.4 Å². The van der Waals surface area contributed by atoms with Crippen molar-refractivity contribution in [2.45, 2.75) is 18.8 Å². The fourth-order valence-electron chi connectivity index (χ4n) is 5.80. The fourth-order valence-corrected chi connectivity index (χ4v) is 6.06. The first-order valence-corrected chi connectivity index (χ1v) is 11.6. The number of hydrogen-bond acceptors (Lipinski definition) is 5. The van der Waals surface area contributed by atoms with E-state index in [-0.39, 0.29) is 47.2 Å². The molecule has 1 aliphatic heterocycles. The first kappa shape index (κ1) is 21.1. The topological polar surface area (TPSA) is 80.8 Å². The van der Waals surface area contributed by atoms with Crippen molar-refractivity contribution in [1.29, 1.82) is 0 Å². The minimum atomic E-state index is -0.746. The van der Waals surface area contributed by atoms with Crippen molar-refractivity contribution >= 4 is 39.5 Å². The number of esters is 1. The van der Waals surface area contributed by atoms with Crippen LogP contribution in [0.25, 0.3) is 0 Å². The number of likely N-dealkylation sites (tertiary alicyclic amines) is 1. The van der Waals surface area contributed by atoms with E-state index in [0.717, 1.165) is 22.2 Å². The van der Waals surface area contributed by atoms with Crippen LogP contribution in [0.5, 0.6) is 0 Å². The number of fused-ring (bicyclic) bond motifs is 5. The molecule has 2 aromatic carbocycles. The molecule has 0 spiro atoms. The van der Waals surface area contributed by atoms with E-state index in [9.17, 15) is 19.2 Å². The third-order valence-corrected chi connectivity index (χ3v) is 7.68. The quantitative estimate of drug-likeness (QED) is 0.347. The number of ether oxygens (including phenoxy) is 1. The van der Waals surface area contributed by atoms with Gasteiger partial charge in [0.25, 0.3) is 0 Å². The van der Waals surface area contributed by atoms with E-state index in [4.69, 9.17) is 4.74 Å². The highest BCUT2D eigenvalue weighted by atomic mass is 79.9. The summed E-state index contributed by atoms with van der Waals surface area (Å²) in [5.41, 5.74) is 1.63. The van der Waals surface area contributed by atoms with Gasteiger partial charge in [-0.2, -0.15) is 0 Å². The first-order valence-electron chi connectivity index (χ1n) is 10.8. The molecule has 6 nitrogen and oxygen atoms in total. The summed E-state index contributed by atoms with van der Waals surface area (Å²) in [4.78, 5) is 51.7. The van der Waals surface area contributed by atoms with E-state index in [1.807, 2.05) is 18.2 Å². The minimum Gasteiger partial charge on any atom is -0.456 e. The lowest BCUT2D eigenvalue weighted by molar-refractivity contribution is -0.152. The molecule has 32 heavy (non-hydrogen) atoms. The van der Waals surface area contributed by atoms with E-state index in [2.05, 4.69) is 28.1 Å². The highest BCUT2D eigenvalue weighted by Crippen LogP contribution is 2.61. The van der Waals surface area contributed by atoms with Crippen LogP contribution in [-0.4, -0.2) is 41.6 Å². The van der Waals surface area contributed by atoms with Crippen molar-refractivity contribution in [3.05, 3.63) is 70.2 Å². The van der Waals surface area contributed by atoms with Gasteiger partial charge < -0.3 is 4.74 Å². The maximum atomic E-state index is 13.1. The number of carbonyl (C=O) groups is 4. The van der Waals surface area contributed by atoms with Crippen LogP contribution < -0.4 is 0 Å². The lowest BCUT2D eigenvalue weighted by Gasteiger charge is -2.28. The molecule has 2 aliphatic carbocycles. The summed E-state index contributed by atoms with van der Waals surface area (Å²) < 4.78 is 5.92. The van der Waals surface area contributed by atoms with Crippen molar-refractivity contribution < 1.29 is 23.9 Å². The van der Waals surface area contributed by atoms with E-state index < -0.39 is 19.1 Å². The zero-order chi connectivity index (χ0) is 22.4. The molecule has 2 bridgehead atoms. The van der Waals surface area contributed by atoms with E-state index in [1.54, 1.807) is 24.3 Å². The van der Waals surface area contributed by atoms with E-state index in [0.29, 0.717) is 5.56 Å². The maximum absolute atomic E-state index is 13.1. The van der Waals surface area contributed by atoms with Crippen molar-refractivity contribution in [3.63, 3.8) is 0 Å². The van der Waals surface area contributed by atoms with Crippen LogP contribution in [0.1, 0.15) is 34.7 Å². The molecule has 3 fully saturated rings. The van der Waals surface area contributed by atoms with Crippen LogP contribution in [0.15, 0.2) is 59.1 Å². The van der Waals surface area contributed by atoms with E-state index >= 15 is 0 Å². The molecule has 164 valence electrons. The molecule has 0 aromatic heterocycles. The number of rotatable bonds is 6. The number of hydrogen-bond donors (Lipinski definition) is 0. The van der Waals surface area contributed by atoms with Crippen molar-refractivity contribution in [3.8, 4) is 0 Å². The molecule has 2 saturated carbocycles. The predicted molar refractivity (Wildman–Crippen MR) is 119 cm³/mol. The lowest BCUT2D eigenvalue weighted by Crippen LogP contribution is -2.38. The smallest absolute Gasteiger partial charge is 0.326 e. The van der Waals surface area contributed by atoms with Crippen LogP contribution in [0.2, 0.25) is 0 Å². The third kappa shape index (κ3) is 3.58. The molecule has 1 heterocycles. The van der Waals surface area contributed by atoms with Crippen LogP contribution in [0, 0.1) is 23.7 Å². The van der Waals surface area contributed by atoms with Gasteiger partial charge in [0, 0.05) is 10.0 Å². The molecule has 2 amide bonds. The van der Waals surface area contributed by atoms with Crippen LogP contribution in [0.4, 0.5) is 0 Å². The summed E-state index contributed by atoms with van der Waals surface area (Å²) in [5, 5.41) is 0. The van der Waals surface area contributed by atoms with Gasteiger partial charge in [0.1, 0.15) is 6.54 Å². The van der Waals surface area contributed by atoms with Gasteiger partial charge in [-0.3, -0.25) is 24.1 Å². The standard InChI is InChI=1S/C25H22BrNO5/c26-17-8-6-15(7-9-17)20(28)13-32-21(29)12-27-24(30)22-16-10-18(14-4-2-1-3-5-14)19(11-16)23(22)25(27)31/h1-9,16,18-19,22-23H,10-13H2/t16-,18-,19+,22+,23-/m0/s1. The van der Waals surface area contributed by atoms with Crippen molar-refractivity contribution in [2.75, 3.05) is 13.2 Å². The maximum Gasteiger partial charge on any atom is 0.326 e. The van der Waals surface area contributed by atoms with Gasteiger partial charge in [-0.1, -0.05) is 58.4 Å². The molecule has 0 radical (unpaired) electrons. The molecular weight excluding hydrogens is 474 g/mol. The van der Waals surface area contributed by atoms with Gasteiger partial charge in [0.2, 0.25) is 11.8 Å². The Hall–Kier alpha value is -2.80. The molecule has 3 aliphatic rings. The molecular formula is C25H22BrNO5. The Morgan fingerprint density at radius 2 is 1.62 bits per heavy atom. The highest BCUT2D eigenvalue weighted by molar-refractivity contribution is 9.10. The van der Waals surface area contributed by atoms with E-state index in [1.165, 1.54) is 5.56 Å². The SMILES string of the molecule is O=C(CN1C(=O)[C@@H]2[C@@H]3C[C@@H]([C@@H]2C1=O)[C@H](c1ccccc1)C3)OCC(=O)c1ccc(Br)cc1. The Kier molecular flexibility index (Phi) is 5.45. The average Bonchev–Trinajstić information content (AvgIpc) is 3.46. The average molecular weight is 496 g/mol. The molecule has 0 unspecified atom stereocenters. The summed E-state index contributed by atoms with van der Waals surface area (Å²) in [6.07, 6.45) is 1.78. The Bertz CT molecular complexity index is 1080. The van der Waals surface area contributed by atoms with Crippen LogP contribution >= 0.6 is 15.9 Å². The summed E-state index contributed by atoms with van der Waals surface area (Å²) >= 11 is 3.30. The molecule has 7 heteroatoms. The molecule has 2 aromatic rings. The minimum absolute atomic E-state index is 0.129. The number of ketones is 1. The second-order valence-electron chi connectivity index (χ2n) is 8.82. The number of carbonyl (C=O) groups excluding carboxylic acids is 4. The van der Waals surface area contributed by atoms with Crippen LogP contribution in [-0.2, 0) is 19.1 Å². The largest absolute Gasteiger partial charge is 0.456 e. The summed E-state index contributed by atoms with van der Waals surface area (Å²) in [7, 11) is 0. The second kappa shape index (κ2) is 8.28. The van der Waals surface area contributed by atoms with Gasteiger partial charge in [-0.15, -0.1) is 0 Å². The fraction of sp³-hybridized carbons (Fsp3) is 0.360. The number of benzene rings is 2. The predicted octanol–water partition coefficient (Wildman–Crippen LogP) is 3.60. The second-order valence-corrected chi connectivity index (χ2v) is 9.73. The third-order valence-electron chi connectivity index (χ3n) is 7.15. The molecule has 5 rings (SSSR count). The Morgan fingerprint density at radius 3 is 2.34 bits per heavy atom. The summed E-state index contributed by atoms with van der Waals surface area (Å²) in [5.74, 6) is -1.74. The van der Waals surface area contributed by atoms with Crippen LogP contribution in [0.3, 0.4) is 0 Å². The highest BCUT2D eigenvalue weighted by Gasteiger charge is 2.64. The van der Waals surface area contributed by atoms with Crippen molar-refractivity contribution in [1.82, 2.24) is 4.90 Å². The molecule has 5 atom stereocenters. The monoisotopic (exact) mass is 495 g/mol. The summed E-state index contributed by atoms with van der Waals surface area (Å²) in [6, 6.07) is 16.9. The summed E-state index contributed by atoms with van der Waals surface area (Å²) in [6.45, 7) is -0.862. The first-order chi connectivity index (χ1) is 15.4. The van der Waals surface area contributed by atoms with Gasteiger partial charge >= 0.3 is 5.97 Å². The van der Waals surface area contributed by atoms with Gasteiger partial charge in [0.05, 0.1) is 11.8 Å². The Morgan fingerprint density at radius 1 is 0.938 bits per heavy atom. The number of Topliss-reactive ketones (excluding diaryl/α,β-unsaturated/α-hetero) is 1. The molecule has 0 N–H and O–H groups in total. The molecule has 1 saturated heterocycles. The van der Waals surface area contributed by atoms with Gasteiger partial charge in [-0.25, -0.2) is 0 Å². The van der Waals surface area contributed by atoms with Gasteiger partial charge in [-0.05, 0) is 48.3 Å². The van der Waals surface area contributed by atoms with Crippen molar-refractivity contribution in [2.24, 2.45) is 23.7 Å². The Labute approximate surface area is 194 Å². The lowest BCUT2D eigenvalue weighted by atomic mass is 9.73. The number of amides is 2. The normalized spacial score (nSPS) is 28.2. The zero-order valence-electron chi connectivity index (χ0n) is 17.3. The number of nitrogens with zero attached hydrogens (tertiary/aromatic N) is 1. The number of imide groups is 1.